The molecule has 0 heterocycles. The summed E-state index contributed by atoms with van der Waals surface area (Å²) in [6.45, 7) is 3.85. The van der Waals surface area contributed by atoms with Gasteiger partial charge in [-0.05, 0) is 40.3 Å². The van der Waals surface area contributed by atoms with Crippen LogP contribution in [-0.2, 0) is 12.8 Å². The third kappa shape index (κ3) is 2.50. The highest BCUT2D eigenvalue weighted by Gasteiger charge is 2.05. The molecule has 0 fully saturated rings. The Hall–Kier alpha value is -2.34. The Bertz CT molecular complexity index is 723. The summed E-state index contributed by atoms with van der Waals surface area (Å²) in [6, 6.07) is 23.8. The quantitative estimate of drug-likeness (QED) is 0.567. The lowest BCUT2D eigenvalue weighted by Gasteiger charge is -2.10. The first kappa shape index (κ1) is 12.7. The van der Waals surface area contributed by atoms with Crippen LogP contribution in [-0.4, -0.2) is 0 Å². The molecule has 0 spiro atoms. The van der Waals surface area contributed by atoms with Crippen molar-refractivity contribution in [2.24, 2.45) is 0 Å². The van der Waals surface area contributed by atoms with Crippen LogP contribution in [0.1, 0.15) is 16.7 Å². The lowest BCUT2D eigenvalue weighted by Crippen LogP contribution is -1.93. The summed E-state index contributed by atoms with van der Waals surface area (Å²) in [5.74, 6) is 0. The molecule has 0 aliphatic heterocycles. The average molecular weight is 258 g/mol. The summed E-state index contributed by atoms with van der Waals surface area (Å²) < 4.78 is 0. The van der Waals surface area contributed by atoms with Crippen molar-refractivity contribution >= 4 is 10.8 Å². The van der Waals surface area contributed by atoms with E-state index in [1.807, 2.05) is 6.08 Å². The van der Waals surface area contributed by atoms with Gasteiger partial charge in [-0.25, -0.2) is 0 Å². The maximum absolute atomic E-state index is 3.85. The molecule has 3 aromatic carbocycles. The van der Waals surface area contributed by atoms with Crippen LogP contribution in [0, 0.1) is 0 Å². The zero-order valence-electron chi connectivity index (χ0n) is 11.5. The standard InChI is InChI=1S/C20H18/c1-2-8-17-13-14-18(15-16-9-4-3-5-10-16)20-12-7-6-11-19(17)20/h2-7,9-14H,1,8,15H2. The molecule has 0 nitrogen and oxygen atoms in total. The number of allylic oxidation sites excluding steroid dienone is 1. The summed E-state index contributed by atoms with van der Waals surface area (Å²) in [5.41, 5.74) is 4.10. The van der Waals surface area contributed by atoms with Gasteiger partial charge < -0.3 is 0 Å². The van der Waals surface area contributed by atoms with Crippen LogP contribution in [0.5, 0.6) is 0 Å². The molecule has 0 N–H and O–H groups in total. The van der Waals surface area contributed by atoms with Gasteiger partial charge in [-0.2, -0.15) is 0 Å². The largest absolute Gasteiger partial charge is 0.103 e. The highest BCUT2D eigenvalue weighted by Crippen LogP contribution is 2.25. The van der Waals surface area contributed by atoms with Crippen molar-refractivity contribution in [3.05, 3.63) is 96.1 Å². The van der Waals surface area contributed by atoms with Crippen molar-refractivity contribution in [3.8, 4) is 0 Å². The molecule has 0 aliphatic rings. The second kappa shape index (κ2) is 5.75. The first-order valence-corrected chi connectivity index (χ1v) is 7.03. The smallest absolute Gasteiger partial charge is 0.00196 e. The Morgan fingerprint density at radius 1 is 0.700 bits per heavy atom. The van der Waals surface area contributed by atoms with Crippen molar-refractivity contribution in [1.29, 1.82) is 0 Å². The summed E-state index contributed by atoms with van der Waals surface area (Å²) >= 11 is 0. The molecule has 0 amide bonds. The molecule has 3 rings (SSSR count). The van der Waals surface area contributed by atoms with E-state index in [0.717, 1.165) is 12.8 Å². The second-order valence-corrected chi connectivity index (χ2v) is 5.08. The molecular weight excluding hydrogens is 240 g/mol. The fourth-order valence-corrected chi connectivity index (χ4v) is 2.73. The van der Waals surface area contributed by atoms with Gasteiger partial charge in [-0.1, -0.05) is 72.8 Å². The van der Waals surface area contributed by atoms with Gasteiger partial charge in [0.2, 0.25) is 0 Å². The predicted octanol–water partition coefficient (Wildman–Crippen LogP) is 5.16. The Morgan fingerprint density at radius 2 is 1.30 bits per heavy atom. The van der Waals surface area contributed by atoms with E-state index < -0.39 is 0 Å². The van der Waals surface area contributed by atoms with E-state index >= 15 is 0 Å². The van der Waals surface area contributed by atoms with Gasteiger partial charge in [0.25, 0.3) is 0 Å². The van der Waals surface area contributed by atoms with Crippen molar-refractivity contribution < 1.29 is 0 Å². The van der Waals surface area contributed by atoms with Crippen LogP contribution in [0.15, 0.2) is 79.4 Å². The summed E-state index contributed by atoms with van der Waals surface area (Å²) in [6.07, 6.45) is 3.88. The van der Waals surface area contributed by atoms with Crippen LogP contribution >= 0.6 is 0 Å². The molecule has 98 valence electrons. The summed E-state index contributed by atoms with van der Waals surface area (Å²) in [7, 11) is 0. The lowest BCUT2D eigenvalue weighted by molar-refractivity contribution is 1.20. The summed E-state index contributed by atoms with van der Waals surface area (Å²) in [5, 5.41) is 2.71. The minimum Gasteiger partial charge on any atom is -0.103 e. The van der Waals surface area contributed by atoms with Gasteiger partial charge in [0, 0.05) is 0 Å². The van der Waals surface area contributed by atoms with Crippen LogP contribution in [0.2, 0.25) is 0 Å². The Labute approximate surface area is 120 Å². The minimum absolute atomic E-state index is 0.923. The maximum atomic E-state index is 3.85. The monoisotopic (exact) mass is 258 g/mol. The number of hydrogen-bond acceptors (Lipinski definition) is 0. The lowest BCUT2D eigenvalue weighted by atomic mass is 9.94. The second-order valence-electron chi connectivity index (χ2n) is 5.08. The minimum atomic E-state index is 0.923. The normalized spacial score (nSPS) is 10.6. The highest BCUT2D eigenvalue weighted by molar-refractivity contribution is 5.89. The van der Waals surface area contributed by atoms with Crippen molar-refractivity contribution in [1.82, 2.24) is 0 Å². The fraction of sp³-hybridized carbons (Fsp3) is 0.100. The SMILES string of the molecule is C=CCc1ccc(Cc2ccccc2)c2ccccc12. The molecule has 0 aromatic heterocycles. The van der Waals surface area contributed by atoms with Crippen LogP contribution < -0.4 is 0 Å². The Balaban J connectivity index is 2.08. The average Bonchev–Trinajstić information content (AvgIpc) is 2.51. The third-order valence-electron chi connectivity index (χ3n) is 3.71. The first-order chi connectivity index (χ1) is 9.88. The fourth-order valence-electron chi connectivity index (χ4n) is 2.73. The molecule has 0 saturated carbocycles. The molecule has 0 heteroatoms. The molecule has 0 aliphatic carbocycles. The van der Waals surface area contributed by atoms with Gasteiger partial charge in [0.1, 0.15) is 0 Å². The van der Waals surface area contributed by atoms with Crippen LogP contribution in [0.4, 0.5) is 0 Å². The van der Waals surface area contributed by atoms with E-state index in [1.165, 1.54) is 27.5 Å². The van der Waals surface area contributed by atoms with Crippen LogP contribution in [0.25, 0.3) is 10.8 Å². The van der Waals surface area contributed by atoms with E-state index in [-0.39, 0.29) is 0 Å². The topological polar surface area (TPSA) is 0 Å². The molecular formula is C20H18. The maximum Gasteiger partial charge on any atom is -0.00196 e. The Morgan fingerprint density at radius 3 is 2.00 bits per heavy atom. The van der Waals surface area contributed by atoms with E-state index in [2.05, 4.69) is 73.3 Å². The van der Waals surface area contributed by atoms with E-state index in [0.29, 0.717) is 0 Å². The van der Waals surface area contributed by atoms with E-state index in [4.69, 9.17) is 0 Å². The first-order valence-electron chi connectivity index (χ1n) is 7.03. The van der Waals surface area contributed by atoms with E-state index in [9.17, 15) is 0 Å². The molecule has 0 radical (unpaired) electrons. The van der Waals surface area contributed by atoms with Gasteiger partial charge in [0.05, 0.1) is 0 Å². The zero-order chi connectivity index (χ0) is 13.8. The van der Waals surface area contributed by atoms with Gasteiger partial charge in [-0.15, -0.1) is 6.58 Å². The molecule has 0 unspecified atom stereocenters. The number of benzene rings is 3. The van der Waals surface area contributed by atoms with E-state index in [1.54, 1.807) is 0 Å². The number of fused-ring (bicyclic) bond motifs is 1. The molecule has 0 saturated heterocycles. The van der Waals surface area contributed by atoms with Gasteiger partial charge in [-0.3, -0.25) is 0 Å². The molecule has 20 heavy (non-hydrogen) atoms. The van der Waals surface area contributed by atoms with Gasteiger partial charge >= 0.3 is 0 Å². The number of rotatable bonds is 4. The summed E-state index contributed by atoms with van der Waals surface area (Å²) in [4.78, 5) is 0. The third-order valence-corrected chi connectivity index (χ3v) is 3.71. The molecule has 0 bridgehead atoms. The zero-order valence-corrected chi connectivity index (χ0v) is 11.5. The number of hydrogen-bond donors (Lipinski definition) is 0. The molecule has 3 aromatic rings. The van der Waals surface area contributed by atoms with Crippen molar-refractivity contribution in [2.45, 2.75) is 12.8 Å². The van der Waals surface area contributed by atoms with Crippen molar-refractivity contribution in [3.63, 3.8) is 0 Å². The highest BCUT2D eigenvalue weighted by atomic mass is 14.1. The predicted molar refractivity (Wildman–Crippen MR) is 87.1 cm³/mol. The molecule has 0 atom stereocenters. The Kier molecular flexibility index (Phi) is 3.64. The van der Waals surface area contributed by atoms with Crippen molar-refractivity contribution in [2.75, 3.05) is 0 Å². The van der Waals surface area contributed by atoms with Crippen LogP contribution in [0.3, 0.4) is 0 Å². The van der Waals surface area contributed by atoms with Gasteiger partial charge in [0.15, 0.2) is 0 Å².